The Morgan fingerprint density at radius 3 is 1.28 bits per heavy atom. The molecule has 4 aliphatic carbocycles. The van der Waals surface area contributed by atoms with Crippen LogP contribution in [0.5, 0.6) is 0 Å². The van der Waals surface area contributed by atoms with E-state index in [4.69, 9.17) is 15.0 Å². The van der Waals surface area contributed by atoms with Crippen LogP contribution in [0.25, 0.3) is 100.0 Å². The van der Waals surface area contributed by atoms with Crippen molar-refractivity contribution >= 4 is 44.7 Å². The zero-order valence-electron chi connectivity index (χ0n) is 45.7. The molecule has 11 aromatic carbocycles. The van der Waals surface area contributed by atoms with Crippen molar-refractivity contribution in [2.75, 3.05) is 0 Å². The second-order valence-electron chi connectivity index (χ2n) is 22.6. The number of hydrogen-bond acceptors (Lipinski definition) is 4. The minimum absolute atomic E-state index is 0.492. The van der Waals surface area contributed by atoms with E-state index in [2.05, 4.69) is 287 Å². The molecule has 3 nitrogen and oxygen atoms in total. The molecule has 0 amide bonds. The summed E-state index contributed by atoms with van der Waals surface area (Å²) >= 11 is 1.71. The van der Waals surface area contributed by atoms with Gasteiger partial charge in [0.1, 0.15) is 0 Å². The lowest BCUT2D eigenvalue weighted by Gasteiger charge is -2.31. The summed E-state index contributed by atoms with van der Waals surface area (Å²) in [4.78, 5) is 16.6. The van der Waals surface area contributed by atoms with Crippen LogP contribution in [0, 0.1) is 6.92 Å². The van der Waals surface area contributed by atoms with Gasteiger partial charge >= 0.3 is 0 Å². The Labute approximate surface area is 487 Å². The molecular formula is C79H51N3S. The van der Waals surface area contributed by atoms with Gasteiger partial charge in [0.05, 0.1) is 15.7 Å². The van der Waals surface area contributed by atoms with Crippen LogP contribution in [0.4, 0.5) is 0 Å². The minimum atomic E-state index is -0.492. The van der Waals surface area contributed by atoms with Crippen LogP contribution in [0.3, 0.4) is 0 Å². The third-order valence-electron chi connectivity index (χ3n) is 18.3. The average molecular weight is 1070 g/mol. The summed E-state index contributed by atoms with van der Waals surface area (Å²) in [5.41, 5.74) is 28.7. The zero-order chi connectivity index (χ0) is 55.0. The summed E-state index contributed by atoms with van der Waals surface area (Å²) in [6.45, 7) is 4.24. The molecule has 0 saturated carbocycles. The maximum absolute atomic E-state index is 5.24. The molecule has 0 atom stereocenters. The van der Waals surface area contributed by atoms with Crippen molar-refractivity contribution in [3.8, 4) is 66.6 Å². The number of thiophene rings is 1. The van der Waals surface area contributed by atoms with Gasteiger partial charge in [-0.05, 0) is 184 Å². The molecule has 388 valence electrons. The third-order valence-corrected chi connectivity index (χ3v) is 19.4. The highest BCUT2D eigenvalue weighted by molar-refractivity contribution is 7.22. The average Bonchev–Trinajstić information content (AvgIpc) is 1.80. The van der Waals surface area contributed by atoms with Gasteiger partial charge in [0.15, 0.2) is 17.5 Å². The van der Waals surface area contributed by atoms with Crippen LogP contribution in [-0.2, 0) is 10.8 Å². The first-order chi connectivity index (χ1) is 40.9. The highest BCUT2D eigenvalue weighted by Crippen LogP contribution is 2.65. The Kier molecular flexibility index (Phi) is 10.4. The number of allylic oxidation sites excluding steroid dienone is 1. The van der Waals surface area contributed by atoms with Crippen molar-refractivity contribution in [3.05, 3.63) is 339 Å². The summed E-state index contributed by atoms with van der Waals surface area (Å²) in [6, 6.07) is 97.1. The van der Waals surface area contributed by atoms with Crippen LogP contribution < -0.4 is 0 Å². The van der Waals surface area contributed by atoms with Crippen molar-refractivity contribution in [1.82, 2.24) is 15.0 Å². The van der Waals surface area contributed by atoms with Gasteiger partial charge in [0.25, 0.3) is 0 Å². The predicted molar refractivity (Wildman–Crippen MR) is 343 cm³/mol. The molecule has 0 fully saturated rings. The van der Waals surface area contributed by atoms with Crippen LogP contribution >= 0.6 is 11.3 Å². The number of rotatable bonds is 7. The normalized spacial score (nSPS) is 13.9. The van der Waals surface area contributed by atoms with Gasteiger partial charge in [0, 0.05) is 10.3 Å². The number of aromatic nitrogens is 3. The smallest absolute Gasteiger partial charge is 0.174 e. The molecule has 0 saturated heterocycles. The number of benzene rings is 11. The maximum Gasteiger partial charge on any atom is 0.174 e. The summed E-state index contributed by atoms with van der Waals surface area (Å²) in [5, 5.41) is 1.18. The Bertz CT molecular complexity index is 4600. The van der Waals surface area contributed by atoms with E-state index >= 15 is 0 Å². The Balaban J connectivity index is 0.868. The lowest BCUT2D eigenvalue weighted by Crippen LogP contribution is -2.26. The van der Waals surface area contributed by atoms with E-state index in [1.165, 1.54) is 105 Å². The number of fused-ring (bicyclic) bond motifs is 21. The molecule has 17 rings (SSSR count). The summed E-state index contributed by atoms with van der Waals surface area (Å²) in [6.07, 6.45) is 4.59. The Morgan fingerprint density at radius 2 is 0.795 bits per heavy atom. The fraction of sp³-hybridized carbons (Fsp3) is 0.0506. The molecule has 0 N–H and O–H groups in total. The largest absolute Gasteiger partial charge is 0.209 e. The summed E-state index contributed by atoms with van der Waals surface area (Å²) in [5.74, 6) is 1.96. The lowest BCUT2D eigenvalue weighted by atomic mass is 9.69. The monoisotopic (exact) mass is 1070 g/mol. The van der Waals surface area contributed by atoms with Crippen molar-refractivity contribution in [1.29, 1.82) is 0 Å². The molecule has 0 radical (unpaired) electrons. The van der Waals surface area contributed by atoms with Crippen LogP contribution in [0.1, 0.15) is 85.1 Å². The van der Waals surface area contributed by atoms with Crippen molar-refractivity contribution in [2.45, 2.75) is 24.7 Å². The number of aryl methyl sites for hydroxylation is 1. The first-order valence-corrected chi connectivity index (χ1v) is 29.5. The SMILES string of the molecule is C/C(=C\c1ccccc1C)c1nc(-c2ccc(C=C(c3ccc4c(c3)C3(c5ccccc5-c5ccccc53)c3ccccc3-4)c3ccc4c(c3)C3(c5ccccc5-c5ccccc53)c3ccccc3-4)cc2)nc(-c2cc3ccccc3s2)n1. The minimum Gasteiger partial charge on any atom is -0.209 e. The summed E-state index contributed by atoms with van der Waals surface area (Å²) in [7, 11) is 0. The van der Waals surface area contributed by atoms with Gasteiger partial charge < -0.3 is 0 Å². The molecule has 2 heterocycles. The highest BCUT2D eigenvalue weighted by Gasteiger charge is 2.53. The standard InChI is InChI=1S/C79H51N3S/c1-48-19-3-4-20-52(48)43-49(2)75-80-76(82-77(81-75)74-47-55-21-5-18-34-73(55)83-74)51-37-35-50(36-38-51)44-64(53-39-41-62-60-26-10-16-32-69(60)78(71(62)45-53)65-28-12-6-22-56(65)57-23-7-13-29-66(57)78)54-40-42-63-61-27-11-17-33-70(61)79(72(63)46-54)67-30-14-8-24-58(67)59-25-9-15-31-68(59)79/h3-47H,1-2H3/b49-43+. The van der Waals surface area contributed by atoms with Gasteiger partial charge in [-0.1, -0.05) is 237 Å². The first-order valence-electron chi connectivity index (χ1n) is 28.6. The van der Waals surface area contributed by atoms with Gasteiger partial charge in [-0.15, -0.1) is 11.3 Å². The van der Waals surface area contributed by atoms with E-state index in [0.29, 0.717) is 17.5 Å². The number of hydrogen-bond donors (Lipinski definition) is 0. The fourth-order valence-electron chi connectivity index (χ4n) is 14.7. The quantitative estimate of drug-likeness (QED) is 0.149. The molecule has 4 heteroatoms. The zero-order valence-corrected chi connectivity index (χ0v) is 46.5. The van der Waals surface area contributed by atoms with Crippen molar-refractivity contribution in [2.24, 2.45) is 0 Å². The van der Waals surface area contributed by atoms with Gasteiger partial charge in [-0.3, -0.25) is 0 Å². The highest BCUT2D eigenvalue weighted by atomic mass is 32.1. The van der Waals surface area contributed by atoms with E-state index in [1.807, 2.05) is 0 Å². The Hall–Kier alpha value is -10.1. The molecule has 0 bridgehead atoms. The van der Waals surface area contributed by atoms with E-state index in [-0.39, 0.29) is 0 Å². The van der Waals surface area contributed by atoms with Crippen molar-refractivity contribution in [3.63, 3.8) is 0 Å². The molecule has 4 aliphatic rings. The van der Waals surface area contributed by atoms with E-state index < -0.39 is 10.8 Å². The van der Waals surface area contributed by atoms with E-state index in [9.17, 15) is 0 Å². The van der Waals surface area contributed by atoms with Crippen molar-refractivity contribution < 1.29 is 0 Å². The second kappa shape index (κ2) is 18.2. The predicted octanol–water partition coefficient (Wildman–Crippen LogP) is 19.6. The third kappa shape index (κ3) is 6.88. The maximum atomic E-state index is 5.24. The van der Waals surface area contributed by atoms with E-state index in [1.54, 1.807) is 11.3 Å². The van der Waals surface area contributed by atoms with Crippen LogP contribution in [0.15, 0.2) is 261 Å². The molecule has 2 aromatic heterocycles. The molecule has 0 aliphatic heterocycles. The van der Waals surface area contributed by atoms with Gasteiger partial charge in [-0.25, -0.2) is 15.0 Å². The molecule has 83 heavy (non-hydrogen) atoms. The summed E-state index contributed by atoms with van der Waals surface area (Å²) < 4.78 is 1.20. The number of nitrogens with zero attached hydrogens (tertiary/aromatic N) is 3. The van der Waals surface area contributed by atoms with Crippen LogP contribution in [0.2, 0.25) is 0 Å². The second-order valence-corrected chi connectivity index (χ2v) is 23.7. The molecule has 0 unspecified atom stereocenters. The van der Waals surface area contributed by atoms with Gasteiger partial charge in [0.2, 0.25) is 0 Å². The van der Waals surface area contributed by atoms with E-state index in [0.717, 1.165) is 43.8 Å². The lowest BCUT2D eigenvalue weighted by molar-refractivity contribution is 0.792. The first kappa shape index (κ1) is 47.7. The Morgan fingerprint density at radius 1 is 0.373 bits per heavy atom. The van der Waals surface area contributed by atoms with Crippen LogP contribution in [-0.4, -0.2) is 15.0 Å². The molecule has 2 spiro atoms. The molecular weight excluding hydrogens is 1020 g/mol. The van der Waals surface area contributed by atoms with Gasteiger partial charge in [-0.2, -0.15) is 0 Å². The topological polar surface area (TPSA) is 38.7 Å². The molecule has 13 aromatic rings. The fourth-order valence-corrected chi connectivity index (χ4v) is 15.7.